The standard InChI is InChI=1S/C28H29F3N8O2/c1-4-39-19-11-32-24(22-23(17-9-10-17)33-15-34-27(22)41-3)36-26(19)38(14-21(39)40)12-16-5-7-18(8-6-16)25-35-20(13-37(25)2)28(29,30)31/h5-8,11,13,15,17,21,40H,4,9-10,12,14H2,1-3H3. The van der Waals surface area contributed by atoms with Crippen molar-refractivity contribution in [3.05, 3.63) is 59.9 Å². The average molecular weight is 567 g/mol. The smallest absolute Gasteiger partial charge is 0.434 e. The predicted octanol–water partition coefficient (Wildman–Crippen LogP) is 4.40. The summed E-state index contributed by atoms with van der Waals surface area (Å²) in [6.07, 6.45) is 0.967. The van der Waals surface area contributed by atoms with Crippen LogP contribution in [0, 0.1) is 0 Å². The van der Waals surface area contributed by atoms with E-state index in [1.165, 1.54) is 17.9 Å². The number of anilines is 2. The lowest BCUT2D eigenvalue weighted by molar-refractivity contribution is -0.140. The lowest BCUT2D eigenvalue weighted by atomic mass is 10.1. The molecule has 0 saturated heterocycles. The molecule has 1 unspecified atom stereocenters. The molecule has 3 aromatic heterocycles. The number of ether oxygens (including phenoxy) is 1. The van der Waals surface area contributed by atoms with Crippen molar-refractivity contribution in [1.29, 1.82) is 0 Å². The summed E-state index contributed by atoms with van der Waals surface area (Å²) in [7, 11) is 3.09. The SMILES string of the molecule is CCN1c2cnc(-c3c(OC)ncnc3C3CC3)nc2N(Cc2ccc(-c3nc(C(F)(F)F)cn3C)cc2)CC1O. The Morgan fingerprint density at radius 1 is 1.07 bits per heavy atom. The minimum absolute atomic E-state index is 0.226. The van der Waals surface area contributed by atoms with Crippen molar-refractivity contribution in [3.63, 3.8) is 0 Å². The number of imidazole rings is 1. The number of alkyl halides is 3. The van der Waals surface area contributed by atoms with Gasteiger partial charge in [0, 0.05) is 37.8 Å². The van der Waals surface area contributed by atoms with Gasteiger partial charge in [0.25, 0.3) is 0 Å². The van der Waals surface area contributed by atoms with E-state index in [0.717, 1.165) is 30.3 Å². The number of likely N-dealkylation sites (N-methyl/N-ethyl adjacent to an activating group) is 1. The lowest BCUT2D eigenvalue weighted by Crippen LogP contribution is -2.49. The van der Waals surface area contributed by atoms with E-state index in [4.69, 9.17) is 9.72 Å². The number of methoxy groups -OCH3 is 1. The molecule has 0 radical (unpaired) electrons. The molecule has 1 aliphatic carbocycles. The second-order valence-electron chi connectivity index (χ2n) is 10.2. The number of rotatable bonds is 7. The van der Waals surface area contributed by atoms with Gasteiger partial charge in [-0.2, -0.15) is 13.2 Å². The number of nitrogens with zero attached hydrogens (tertiary/aromatic N) is 8. The quantitative estimate of drug-likeness (QED) is 0.348. The monoisotopic (exact) mass is 566 g/mol. The second-order valence-corrected chi connectivity index (χ2v) is 10.2. The van der Waals surface area contributed by atoms with Gasteiger partial charge < -0.3 is 24.2 Å². The Hall–Kier alpha value is -4.26. The number of hydrogen-bond donors (Lipinski definition) is 1. The zero-order valence-electron chi connectivity index (χ0n) is 22.8. The van der Waals surface area contributed by atoms with E-state index in [0.29, 0.717) is 59.9 Å². The number of aliphatic hydroxyl groups is 1. The molecule has 1 aromatic carbocycles. The zero-order valence-corrected chi connectivity index (χ0v) is 22.8. The van der Waals surface area contributed by atoms with Gasteiger partial charge in [-0.05, 0) is 25.3 Å². The Balaban J connectivity index is 1.34. The van der Waals surface area contributed by atoms with E-state index >= 15 is 0 Å². The summed E-state index contributed by atoms with van der Waals surface area (Å²) >= 11 is 0. The highest BCUT2D eigenvalue weighted by molar-refractivity contribution is 5.74. The highest BCUT2D eigenvalue weighted by Crippen LogP contribution is 2.45. The topological polar surface area (TPSA) is 105 Å². The van der Waals surface area contributed by atoms with E-state index in [1.54, 1.807) is 25.4 Å². The first-order valence-electron chi connectivity index (χ1n) is 13.3. The molecule has 1 fully saturated rings. The van der Waals surface area contributed by atoms with Crippen molar-refractivity contribution >= 4 is 11.5 Å². The Labute approximate surface area is 234 Å². The molecule has 4 heterocycles. The largest absolute Gasteiger partial charge is 0.480 e. The number of halogens is 3. The van der Waals surface area contributed by atoms with Crippen LogP contribution in [0.25, 0.3) is 22.8 Å². The normalized spacial score (nSPS) is 17.1. The van der Waals surface area contributed by atoms with E-state index < -0.39 is 18.1 Å². The van der Waals surface area contributed by atoms with Gasteiger partial charge in [0.2, 0.25) is 5.88 Å². The third-order valence-corrected chi connectivity index (χ3v) is 7.42. The molecule has 4 aromatic rings. The van der Waals surface area contributed by atoms with Gasteiger partial charge in [-0.3, -0.25) is 0 Å². The van der Waals surface area contributed by atoms with Crippen LogP contribution in [0.3, 0.4) is 0 Å². The zero-order chi connectivity index (χ0) is 28.9. The van der Waals surface area contributed by atoms with E-state index in [-0.39, 0.29) is 5.82 Å². The maximum absolute atomic E-state index is 13.1. The number of hydrogen-bond acceptors (Lipinski definition) is 9. The van der Waals surface area contributed by atoms with Gasteiger partial charge >= 0.3 is 6.18 Å². The highest BCUT2D eigenvalue weighted by atomic mass is 19.4. The molecule has 1 atom stereocenters. The van der Waals surface area contributed by atoms with Gasteiger partial charge in [0.1, 0.15) is 29.6 Å². The van der Waals surface area contributed by atoms with Crippen LogP contribution in [0.1, 0.15) is 42.6 Å². The summed E-state index contributed by atoms with van der Waals surface area (Å²) in [6.45, 7) is 3.22. The molecule has 41 heavy (non-hydrogen) atoms. The predicted molar refractivity (Wildman–Crippen MR) is 145 cm³/mol. The Bertz CT molecular complexity index is 1570. The van der Waals surface area contributed by atoms with Crippen LogP contribution in [0.15, 0.2) is 43.0 Å². The fraction of sp³-hybridized carbons (Fsp3) is 0.393. The molecule has 1 saturated carbocycles. The van der Waals surface area contributed by atoms with E-state index in [2.05, 4.69) is 19.9 Å². The molecule has 10 nitrogen and oxygen atoms in total. The minimum atomic E-state index is -4.51. The minimum Gasteiger partial charge on any atom is -0.480 e. The number of aliphatic hydroxyl groups excluding tert-OH is 1. The van der Waals surface area contributed by atoms with Crippen molar-refractivity contribution in [2.75, 3.05) is 30.0 Å². The number of fused-ring (bicyclic) bond motifs is 1. The molecule has 1 N–H and O–H groups in total. The van der Waals surface area contributed by atoms with Crippen molar-refractivity contribution in [2.24, 2.45) is 7.05 Å². The van der Waals surface area contributed by atoms with Crippen molar-refractivity contribution in [3.8, 4) is 28.7 Å². The Morgan fingerprint density at radius 2 is 1.83 bits per heavy atom. The Morgan fingerprint density at radius 3 is 2.46 bits per heavy atom. The van der Waals surface area contributed by atoms with Crippen LogP contribution in [0.4, 0.5) is 24.7 Å². The van der Waals surface area contributed by atoms with Crippen LogP contribution in [-0.2, 0) is 19.8 Å². The third kappa shape index (κ3) is 5.05. The van der Waals surface area contributed by atoms with Crippen molar-refractivity contribution in [1.82, 2.24) is 29.5 Å². The second kappa shape index (κ2) is 10.3. The number of aromatic nitrogens is 6. The van der Waals surface area contributed by atoms with Crippen molar-refractivity contribution in [2.45, 2.75) is 44.6 Å². The average Bonchev–Trinajstić information content (AvgIpc) is 3.73. The third-order valence-electron chi connectivity index (χ3n) is 7.42. The molecular weight excluding hydrogens is 537 g/mol. The molecule has 1 aliphatic heterocycles. The molecule has 214 valence electrons. The first-order valence-corrected chi connectivity index (χ1v) is 13.3. The van der Waals surface area contributed by atoms with Crippen LogP contribution in [-0.4, -0.2) is 61.0 Å². The van der Waals surface area contributed by atoms with Crippen LogP contribution < -0.4 is 14.5 Å². The summed E-state index contributed by atoms with van der Waals surface area (Å²) < 4.78 is 46.3. The summed E-state index contributed by atoms with van der Waals surface area (Å²) in [4.78, 5) is 26.0. The first kappa shape index (κ1) is 26.9. The molecule has 13 heteroatoms. The van der Waals surface area contributed by atoms with Gasteiger partial charge in [0.05, 0.1) is 25.5 Å². The molecular formula is C28H29F3N8O2. The maximum Gasteiger partial charge on any atom is 0.434 e. The fourth-order valence-corrected chi connectivity index (χ4v) is 5.25. The molecule has 6 rings (SSSR count). The molecule has 0 spiro atoms. The van der Waals surface area contributed by atoms with Crippen LogP contribution >= 0.6 is 0 Å². The van der Waals surface area contributed by atoms with Crippen LogP contribution in [0.5, 0.6) is 5.88 Å². The number of aryl methyl sites for hydroxylation is 1. The Kier molecular flexibility index (Phi) is 6.76. The van der Waals surface area contributed by atoms with Crippen LogP contribution in [0.2, 0.25) is 0 Å². The molecule has 2 aliphatic rings. The highest BCUT2D eigenvalue weighted by Gasteiger charge is 2.36. The van der Waals surface area contributed by atoms with E-state index in [9.17, 15) is 18.3 Å². The fourth-order valence-electron chi connectivity index (χ4n) is 5.25. The van der Waals surface area contributed by atoms with Crippen molar-refractivity contribution < 1.29 is 23.0 Å². The van der Waals surface area contributed by atoms with Gasteiger partial charge in [-0.25, -0.2) is 24.9 Å². The van der Waals surface area contributed by atoms with Gasteiger partial charge in [0.15, 0.2) is 17.3 Å². The van der Waals surface area contributed by atoms with Gasteiger partial charge in [-0.15, -0.1) is 0 Å². The first-order chi connectivity index (χ1) is 19.7. The summed E-state index contributed by atoms with van der Waals surface area (Å²) in [5.74, 6) is 2.05. The molecule has 0 amide bonds. The number of benzene rings is 1. The lowest BCUT2D eigenvalue weighted by Gasteiger charge is -2.40. The van der Waals surface area contributed by atoms with E-state index in [1.807, 2.05) is 28.9 Å². The summed E-state index contributed by atoms with van der Waals surface area (Å²) in [5.41, 5.74) is 2.76. The summed E-state index contributed by atoms with van der Waals surface area (Å²) in [5, 5.41) is 10.9. The maximum atomic E-state index is 13.1. The summed E-state index contributed by atoms with van der Waals surface area (Å²) in [6, 6.07) is 7.18. The van der Waals surface area contributed by atoms with Gasteiger partial charge in [-0.1, -0.05) is 24.3 Å². The number of β-amino-alcohol motifs (C(OH)–C–C–N with tert-alkyl or cyclic N) is 1. The molecule has 0 bridgehead atoms.